The molecular formula is C26H22N2O5. The molecule has 1 N–H and O–H groups in total. The highest BCUT2D eigenvalue weighted by Gasteiger charge is 2.34. The standard InChI is InChI=1S/C26H22N2O5/c1-3-32-23-16-18(12-13-22(23)33-26(31)19-9-7-8-17(2)14-19)15-21-24(29)27-28(25(21)30)20-10-5-4-6-11-20/h4-16H,3H2,1-2H3,(H,27,29)/b21-15-. The second kappa shape index (κ2) is 9.40. The lowest BCUT2D eigenvalue weighted by molar-refractivity contribution is -0.117. The van der Waals surface area contributed by atoms with Gasteiger partial charge < -0.3 is 9.47 Å². The summed E-state index contributed by atoms with van der Waals surface area (Å²) < 4.78 is 11.2. The molecule has 1 saturated heterocycles. The third-order valence-corrected chi connectivity index (χ3v) is 4.94. The number of nitrogens with one attached hydrogen (secondary N) is 1. The van der Waals surface area contributed by atoms with Crippen molar-refractivity contribution in [3.8, 4) is 11.5 Å². The lowest BCUT2D eigenvalue weighted by atomic mass is 10.1. The molecule has 0 atom stereocenters. The van der Waals surface area contributed by atoms with E-state index in [1.54, 1.807) is 60.7 Å². The van der Waals surface area contributed by atoms with Crippen molar-refractivity contribution < 1.29 is 23.9 Å². The molecule has 2 amide bonds. The summed E-state index contributed by atoms with van der Waals surface area (Å²) in [6.07, 6.45) is 1.48. The molecule has 1 aliphatic heterocycles. The molecule has 0 unspecified atom stereocenters. The minimum Gasteiger partial charge on any atom is -0.490 e. The van der Waals surface area contributed by atoms with Crippen molar-refractivity contribution >= 4 is 29.5 Å². The normalized spacial score (nSPS) is 14.4. The first kappa shape index (κ1) is 21.8. The van der Waals surface area contributed by atoms with Gasteiger partial charge in [-0.3, -0.25) is 15.0 Å². The summed E-state index contributed by atoms with van der Waals surface area (Å²) in [5.41, 5.74) is 5.05. The summed E-state index contributed by atoms with van der Waals surface area (Å²) in [6, 6.07) is 20.8. The fourth-order valence-corrected chi connectivity index (χ4v) is 3.38. The molecule has 0 aliphatic carbocycles. The van der Waals surface area contributed by atoms with Gasteiger partial charge in [-0.2, -0.15) is 0 Å². The number of carbonyl (C=O) groups excluding carboxylic acids is 3. The van der Waals surface area contributed by atoms with Gasteiger partial charge in [-0.25, -0.2) is 9.80 Å². The summed E-state index contributed by atoms with van der Waals surface area (Å²) >= 11 is 0. The molecule has 1 heterocycles. The van der Waals surface area contributed by atoms with Crippen LogP contribution in [-0.4, -0.2) is 24.4 Å². The van der Waals surface area contributed by atoms with Crippen molar-refractivity contribution in [2.45, 2.75) is 13.8 Å². The van der Waals surface area contributed by atoms with Crippen molar-refractivity contribution in [3.63, 3.8) is 0 Å². The van der Waals surface area contributed by atoms with E-state index >= 15 is 0 Å². The number of nitrogens with zero attached hydrogens (tertiary/aromatic N) is 1. The van der Waals surface area contributed by atoms with E-state index in [-0.39, 0.29) is 11.3 Å². The molecule has 0 bridgehead atoms. The topological polar surface area (TPSA) is 84.9 Å². The quantitative estimate of drug-likeness (QED) is 0.269. The lowest BCUT2D eigenvalue weighted by Gasteiger charge is -2.14. The highest BCUT2D eigenvalue weighted by Crippen LogP contribution is 2.31. The monoisotopic (exact) mass is 442 g/mol. The molecule has 1 fully saturated rings. The average molecular weight is 442 g/mol. The van der Waals surface area contributed by atoms with Crippen LogP contribution in [-0.2, 0) is 9.59 Å². The van der Waals surface area contributed by atoms with Crippen molar-refractivity contribution in [1.29, 1.82) is 0 Å². The molecule has 0 radical (unpaired) electrons. The predicted molar refractivity (Wildman–Crippen MR) is 124 cm³/mol. The third kappa shape index (κ3) is 4.77. The number of para-hydroxylation sites is 1. The average Bonchev–Trinajstić information content (AvgIpc) is 3.09. The van der Waals surface area contributed by atoms with E-state index in [0.29, 0.717) is 29.2 Å². The first-order chi connectivity index (χ1) is 16.0. The Morgan fingerprint density at radius 1 is 0.970 bits per heavy atom. The molecule has 3 aromatic carbocycles. The summed E-state index contributed by atoms with van der Waals surface area (Å²) in [5, 5.41) is 1.20. The minimum atomic E-state index is -0.505. The molecule has 33 heavy (non-hydrogen) atoms. The molecule has 4 rings (SSSR count). The van der Waals surface area contributed by atoms with Gasteiger partial charge in [-0.05, 0) is 61.9 Å². The second-order valence-corrected chi connectivity index (χ2v) is 7.37. The molecule has 0 aromatic heterocycles. The van der Waals surface area contributed by atoms with E-state index in [1.807, 2.05) is 26.0 Å². The largest absolute Gasteiger partial charge is 0.490 e. The Hall–Kier alpha value is -4.39. The summed E-state index contributed by atoms with van der Waals surface area (Å²) in [5.74, 6) is -0.886. The Morgan fingerprint density at radius 3 is 2.48 bits per heavy atom. The van der Waals surface area contributed by atoms with Crippen LogP contribution in [0, 0.1) is 6.92 Å². The van der Waals surface area contributed by atoms with Crippen LogP contribution in [0.15, 0.2) is 78.4 Å². The molecule has 166 valence electrons. The number of carbonyl (C=O) groups is 3. The van der Waals surface area contributed by atoms with E-state index in [1.165, 1.54) is 11.1 Å². The maximum atomic E-state index is 12.8. The summed E-state index contributed by atoms with van der Waals surface area (Å²) in [7, 11) is 0. The number of rotatable bonds is 6. The summed E-state index contributed by atoms with van der Waals surface area (Å²) in [6.45, 7) is 4.04. The zero-order chi connectivity index (χ0) is 23.4. The van der Waals surface area contributed by atoms with Crippen molar-refractivity contribution in [2.75, 3.05) is 11.6 Å². The maximum Gasteiger partial charge on any atom is 0.343 e. The number of hydrogen-bond donors (Lipinski definition) is 1. The number of benzene rings is 3. The van der Waals surface area contributed by atoms with Crippen molar-refractivity contribution in [3.05, 3.63) is 95.1 Å². The van der Waals surface area contributed by atoms with Gasteiger partial charge in [-0.1, -0.05) is 42.0 Å². The van der Waals surface area contributed by atoms with Crippen LogP contribution in [0.3, 0.4) is 0 Å². The predicted octanol–water partition coefficient (Wildman–Crippen LogP) is 4.07. The Kier molecular flexibility index (Phi) is 6.22. The van der Waals surface area contributed by atoms with Crippen LogP contribution < -0.4 is 19.9 Å². The summed E-state index contributed by atoms with van der Waals surface area (Å²) in [4.78, 5) is 37.8. The Labute approximate surface area is 191 Å². The molecule has 7 nitrogen and oxygen atoms in total. The van der Waals surface area contributed by atoms with Crippen LogP contribution in [0.1, 0.15) is 28.4 Å². The number of ether oxygens (including phenoxy) is 2. The highest BCUT2D eigenvalue weighted by molar-refractivity contribution is 6.31. The first-order valence-electron chi connectivity index (χ1n) is 10.4. The SMILES string of the molecule is CCOc1cc(/C=C2/C(=O)NN(c3ccccc3)C2=O)ccc1OC(=O)c1cccc(C)c1. The molecular weight excluding hydrogens is 420 g/mol. The molecule has 7 heteroatoms. The smallest absolute Gasteiger partial charge is 0.343 e. The number of aryl methyl sites for hydroxylation is 1. The minimum absolute atomic E-state index is 0.00851. The lowest BCUT2D eigenvalue weighted by Crippen LogP contribution is -2.35. The van der Waals surface area contributed by atoms with E-state index in [4.69, 9.17) is 9.47 Å². The maximum absolute atomic E-state index is 12.8. The van der Waals surface area contributed by atoms with Gasteiger partial charge in [0.2, 0.25) is 0 Å². The van der Waals surface area contributed by atoms with Crippen LogP contribution in [0.2, 0.25) is 0 Å². The van der Waals surface area contributed by atoms with Gasteiger partial charge in [0.05, 0.1) is 17.9 Å². The number of anilines is 1. The van der Waals surface area contributed by atoms with Gasteiger partial charge in [0, 0.05) is 0 Å². The number of hydrogen-bond acceptors (Lipinski definition) is 5. The van der Waals surface area contributed by atoms with Gasteiger partial charge in [0.1, 0.15) is 5.57 Å². The van der Waals surface area contributed by atoms with E-state index in [2.05, 4.69) is 5.43 Å². The third-order valence-electron chi connectivity index (χ3n) is 4.94. The van der Waals surface area contributed by atoms with Gasteiger partial charge in [0.25, 0.3) is 11.8 Å². The molecule has 0 saturated carbocycles. The van der Waals surface area contributed by atoms with E-state index < -0.39 is 17.8 Å². The number of hydrazine groups is 1. The Morgan fingerprint density at radius 2 is 1.76 bits per heavy atom. The Bertz CT molecular complexity index is 1250. The fraction of sp³-hybridized carbons (Fsp3) is 0.115. The molecule has 3 aromatic rings. The van der Waals surface area contributed by atoms with Crippen LogP contribution >= 0.6 is 0 Å². The molecule has 0 spiro atoms. The second-order valence-electron chi connectivity index (χ2n) is 7.37. The zero-order valence-corrected chi connectivity index (χ0v) is 18.2. The Balaban J connectivity index is 1.59. The number of esters is 1. The van der Waals surface area contributed by atoms with Crippen LogP contribution in [0.4, 0.5) is 5.69 Å². The number of amides is 2. The van der Waals surface area contributed by atoms with Crippen LogP contribution in [0.5, 0.6) is 11.5 Å². The first-order valence-corrected chi connectivity index (χ1v) is 10.4. The van der Waals surface area contributed by atoms with Crippen molar-refractivity contribution in [1.82, 2.24) is 5.43 Å². The van der Waals surface area contributed by atoms with Crippen LogP contribution in [0.25, 0.3) is 6.08 Å². The van der Waals surface area contributed by atoms with E-state index in [9.17, 15) is 14.4 Å². The van der Waals surface area contributed by atoms with Gasteiger partial charge in [-0.15, -0.1) is 0 Å². The fourth-order valence-electron chi connectivity index (χ4n) is 3.38. The zero-order valence-electron chi connectivity index (χ0n) is 18.2. The molecule has 1 aliphatic rings. The van der Waals surface area contributed by atoms with Gasteiger partial charge >= 0.3 is 5.97 Å². The highest BCUT2D eigenvalue weighted by atomic mass is 16.6. The van der Waals surface area contributed by atoms with E-state index in [0.717, 1.165) is 5.56 Å². The van der Waals surface area contributed by atoms with Crippen molar-refractivity contribution in [2.24, 2.45) is 0 Å². The van der Waals surface area contributed by atoms with Gasteiger partial charge in [0.15, 0.2) is 11.5 Å².